The fourth-order valence-corrected chi connectivity index (χ4v) is 1.03. The lowest BCUT2D eigenvalue weighted by Crippen LogP contribution is -1.76. The molecule has 0 rings (SSSR count). The van der Waals surface area contributed by atoms with Crippen LogP contribution in [0.25, 0.3) is 0 Å². The Kier molecular flexibility index (Phi) is 19.4. The Morgan fingerprint density at radius 2 is 1.00 bits per heavy atom. The Morgan fingerprint density at radius 3 is 1.27 bits per heavy atom. The number of nitriles is 1. The number of rotatable bonds is 6. The van der Waals surface area contributed by atoms with Gasteiger partial charge in [0.05, 0.1) is 0 Å². The van der Waals surface area contributed by atoms with Gasteiger partial charge in [0.1, 0.15) is 0 Å². The monoisotopic (exact) mass is 155 g/mol. The average Bonchev–Trinajstić information content (AvgIpc) is 2.08. The Balaban J connectivity index is 0. The second-order valence-electron chi connectivity index (χ2n) is 2.77. The molecule has 0 N–H and O–H groups in total. The van der Waals surface area contributed by atoms with Gasteiger partial charge < -0.3 is 0 Å². The second kappa shape index (κ2) is 16.2. The van der Waals surface area contributed by atoms with Crippen LogP contribution in [0.2, 0.25) is 0 Å². The maximum atomic E-state index is 6.50. The van der Waals surface area contributed by atoms with E-state index in [1.807, 2.05) is 0 Å². The third-order valence-corrected chi connectivity index (χ3v) is 1.71. The molecule has 0 aromatic heterocycles. The van der Waals surface area contributed by atoms with Crippen LogP contribution in [0.15, 0.2) is 0 Å². The van der Waals surface area contributed by atoms with Crippen LogP contribution in [0.3, 0.4) is 0 Å². The molecule has 0 radical (unpaired) electrons. The molecular weight excluding hydrogens is 134 g/mol. The van der Waals surface area contributed by atoms with E-state index in [1.165, 1.54) is 44.9 Å². The first-order valence-corrected chi connectivity index (χ1v) is 4.67. The summed E-state index contributed by atoms with van der Waals surface area (Å²) < 4.78 is 0. The van der Waals surface area contributed by atoms with Gasteiger partial charge in [-0.15, -0.1) is 0 Å². The van der Waals surface area contributed by atoms with Gasteiger partial charge in [-0.2, -0.15) is 0 Å². The van der Waals surface area contributed by atoms with Crippen LogP contribution in [0, 0.1) is 11.8 Å². The third-order valence-electron chi connectivity index (χ3n) is 1.71. The van der Waals surface area contributed by atoms with Crippen molar-refractivity contribution in [1.29, 1.82) is 5.26 Å². The Bertz CT molecular complexity index is 60.5. The highest BCUT2D eigenvalue weighted by Crippen LogP contribution is 2.05. The minimum atomic E-state index is 1.37. The first-order chi connectivity index (χ1) is 5.41. The van der Waals surface area contributed by atoms with Crippen molar-refractivity contribution in [2.24, 2.45) is 0 Å². The molecule has 0 aromatic carbocycles. The summed E-state index contributed by atoms with van der Waals surface area (Å²) in [6.45, 7) is 8.03. The minimum Gasteiger partial charge on any atom is -0.202 e. The van der Waals surface area contributed by atoms with Crippen LogP contribution in [-0.4, -0.2) is 0 Å². The van der Waals surface area contributed by atoms with Crippen molar-refractivity contribution in [1.82, 2.24) is 0 Å². The van der Waals surface area contributed by atoms with Crippen molar-refractivity contribution in [3.63, 3.8) is 0 Å². The lowest BCUT2D eigenvalue weighted by atomic mass is 10.1. The quantitative estimate of drug-likeness (QED) is 0.534. The standard InChI is InChI=1S/C9H20.CHN/c1-3-5-7-9-8-6-4-2;1-2/h3-9H2,1-2H3;1H. The van der Waals surface area contributed by atoms with Crippen LogP contribution in [0.4, 0.5) is 0 Å². The number of nitrogens with zero attached hydrogens (tertiary/aromatic N) is 1. The van der Waals surface area contributed by atoms with Gasteiger partial charge in [-0.1, -0.05) is 58.8 Å². The SMILES string of the molecule is C#N.CCCCCCCCC. The van der Waals surface area contributed by atoms with E-state index in [-0.39, 0.29) is 0 Å². The van der Waals surface area contributed by atoms with E-state index in [0.29, 0.717) is 0 Å². The molecule has 0 atom stereocenters. The van der Waals surface area contributed by atoms with Crippen LogP contribution >= 0.6 is 0 Å². The molecule has 0 fully saturated rings. The Labute approximate surface area is 71.4 Å². The molecule has 0 saturated carbocycles. The van der Waals surface area contributed by atoms with Crippen molar-refractivity contribution in [3.8, 4) is 6.57 Å². The van der Waals surface area contributed by atoms with Crippen LogP contribution in [-0.2, 0) is 0 Å². The van der Waals surface area contributed by atoms with E-state index in [2.05, 4.69) is 20.4 Å². The molecule has 0 aliphatic heterocycles. The lowest BCUT2D eigenvalue weighted by Gasteiger charge is -1.96. The van der Waals surface area contributed by atoms with Gasteiger partial charge in [-0.05, 0) is 0 Å². The van der Waals surface area contributed by atoms with Gasteiger partial charge in [-0.25, -0.2) is 5.26 Å². The zero-order valence-corrected chi connectivity index (χ0v) is 7.97. The van der Waals surface area contributed by atoms with Crippen molar-refractivity contribution in [2.75, 3.05) is 0 Å². The van der Waals surface area contributed by atoms with Crippen molar-refractivity contribution in [3.05, 3.63) is 0 Å². The molecule has 0 aliphatic carbocycles. The van der Waals surface area contributed by atoms with E-state index in [9.17, 15) is 0 Å². The normalized spacial score (nSPS) is 8.36. The summed E-state index contributed by atoms with van der Waals surface area (Å²) in [5, 5.41) is 6.50. The van der Waals surface area contributed by atoms with Crippen LogP contribution in [0.1, 0.15) is 58.8 Å². The molecule has 0 aliphatic rings. The molecule has 0 saturated heterocycles. The summed E-state index contributed by atoms with van der Waals surface area (Å²) in [6.07, 6.45) is 9.97. The van der Waals surface area contributed by atoms with Gasteiger partial charge in [0, 0.05) is 6.57 Å². The maximum absolute atomic E-state index is 6.50. The average molecular weight is 155 g/mol. The molecule has 11 heavy (non-hydrogen) atoms. The first-order valence-electron chi connectivity index (χ1n) is 4.67. The molecule has 66 valence electrons. The molecule has 0 aromatic rings. The van der Waals surface area contributed by atoms with Crippen molar-refractivity contribution < 1.29 is 0 Å². The highest BCUT2D eigenvalue weighted by molar-refractivity contribution is 4.41. The van der Waals surface area contributed by atoms with E-state index < -0.39 is 0 Å². The number of hydrogen-bond donors (Lipinski definition) is 0. The van der Waals surface area contributed by atoms with Crippen LogP contribution in [0.5, 0.6) is 0 Å². The predicted molar refractivity (Wildman–Crippen MR) is 50.3 cm³/mol. The second-order valence-corrected chi connectivity index (χ2v) is 2.77. The molecule has 0 heterocycles. The van der Waals surface area contributed by atoms with E-state index >= 15 is 0 Å². The molecule has 1 nitrogen and oxygen atoms in total. The van der Waals surface area contributed by atoms with E-state index in [4.69, 9.17) is 5.26 Å². The third kappa shape index (κ3) is 17.7. The smallest absolute Gasteiger partial charge is 0.0462 e. The fourth-order valence-electron chi connectivity index (χ4n) is 1.03. The molecule has 0 amide bonds. The highest BCUT2D eigenvalue weighted by atomic mass is 14.2. The molecule has 1 heteroatoms. The summed E-state index contributed by atoms with van der Waals surface area (Å²) in [7, 11) is 0. The van der Waals surface area contributed by atoms with Gasteiger partial charge in [0.2, 0.25) is 0 Å². The summed E-state index contributed by atoms with van der Waals surface area (Å²) in [5.41, 5.74) is 0. The predicted octanol–water partition coefficient (Wildman–Crippen LogP) is 3.90. The number of hydrogen-bond acceptors (Lipinski definition) is 1. The zero-order chi connectivity index (χ0) is 8.95. The summed E-state index contributed by atoms with van der Waals surface area (Å²) >= 11 is 0. The topological polar surface area (TPSA) is 23.8 Å². The van der Waals surface area contributed by atoms with Crippen LogP contribution < -0.4 is 0 Å². The number of unbranched alkanes of at least 4 members (excludes halogenated alkanes) is 6. The van der Waals surface area contributed by atoms with Gasteiger partial charge in [-0.3, -0.25) is 0 Å². The Hall–Kier alpha value is -0.510. The lowest BCUT2D eigenvalue weighted by molar-refractivity contribution is 0.602. The molecule has 0 bridgehead atoms. The highest BCUT2D eigenvalue weighted by Gasteiger charge is 1.85. The summed E-state index contributed by atoms with van der Waals surface area (Å²) in [5.74, 6) is 0. The molecule has 0 unspecified atom stereocenters. The fraction of sp³-hybridized carbons (Fsp3) is 0.900. The molecular formula is C10H21N. The maximum Gasteiger partial charge on any atom is 0.0462 e. The van der Waals surface area contributed by atoms with Gasteiger partial charge in [0.15, 0.2) is 0 Å². The minimum absolute atomic E-state index is 1.37. The Morgan fingerprint density at radius 1 is 0.727 bits per heavy atom. The summed E-state index contributed by atoms with van der Waals surface area (Å²) in [4.78, 5) is 0. The van der Waals surface area contributed by atoms with E-state index in [0.717, 1.165) is 0 Å². The van der Waals surface area contributed by atoms with E-state index in [1.54, 1.807) is 0 Å². The van der Waals surface area contributed by atoms with Crippen molar-refractivity contribution >= 4 is 0 Å². The summed E-state index contributed by atoms with van der Waals surface area (Å²) in [6, 6.07) is 0. The zero-order valence-electron chi connectivity index (χ0n) is 7.97. The van der Waals surface area contributed by atoms with Gasteiger partial charge >= 0.3 is 0 Å². The first kappa shape index (κ1) is 13.1. The largest absolute Gasteiger partial charge is 0.202 e. The molecule has 0 spiro atoms. The van der Waals surface area contributed by atoms with Crippen molar-refractivity contribution in [2.45, 2.75) is 58.8 Å². The van der Waals surface area contributed by atoms with Gasteiger partial charge in [0.25, 0.3) is 0 Å².